The molecular formula is C15H11ClN4O6S. The number of thiocarbonyl (C=S) groups is 1. The number of non-ortho nitro benzene ring substituents is 1. The van der Waals surface area contributed by atoms with Gasteiger partial charge < -0.3 is 10.1 Å². The van der Waals surface area contributed by atoms with Gasteiger partial charge in [-0.1, -0.05) is 11.6 Å². The van der Waals surface area contributed by atoms with Crippen LogP contribution in [0.5, 0.6) is 5.75 Å². The van der Waals surface area contributed by atoms with Crippen LogP contribution in [0.15, 0.2) is 36.4 Å². The Morgan fingerprint density at radius 3 is 2.44 bits per heavy atom. The van der Waals surface area contributed by atoms with Crippen molar-refractivity contribution in [1.29, 1.82) is 0 Å². The predicted octanol–water partition coefficient (Wildman–Crippen LogP) is 3.29. The maximum atomic E-state index is 12.2. The Morgan fingerprint density at radius 1 is 1.15 bits per heavy atom. The summed E-state index contributed by atoms with van der Waals surface area (Å²) < 4.78 is 5.08. The van der Waals surface area contributed by atoms with E-state index < -0.39 is 21.4 Å². The lowest BCUT2D eigenvalue weighted by Crippen LogP contribution is -2.34. The molecular weight excluding hydrogens is 400 g/mol. The predicted molar refractivity (Wildman–Crippen MR) is 101 cm³/mol. The highest BCUT2D eigenvalue weighted by Gasteiger charge is 2.18. The van der Waals surface area contributed by atoms with Crippen molar-refractivity contribution in [3.63, 3.8) is 0 Å². The number of hydrogen-bond donors (Lipinski definition) is 2. The first-order valence-electron chi connectivity index (χ1n) is 7.11. The van der Waals surface area contributed by atoms with Crippen LogP contribution < -0.4 is 15.4 Å². The van der Waals surface area contributed by atoms with Gasteiger partial charge >= 0.3 is 0 Å². The number of amides is 1. The van der Waals surface area contributed by atoms with E-state index in [4.69, 9.17) is 28.6 Å². The molecule has 2 rings (SSSR count). The maximum absolute atomic E-state index is 12.2. The first-order chi connectivity index (χ1) is 12.7. The van der Waals surface area contributed by atoms with Crippen LogP contribution in [0.3, 0.4) is 0 Å². The molecule has 2 N–H and O–H groups in total. The van der Waals surface area contributed by atoms with Gasteiger partial charge in [-0.2, -0.15) is 0 Å². The van der Waals surface area contributed by atoms with Gasteiger partial charge in [-0.25, -0.2) is 0 Å². The smallest absolute Gasteiger partial charge is 0.288 e. The van der Waals surface area contributed by atoms with Crippen LogP contribution in [-0.4, -0.2) is 28.0 Å². The number of nitrogens with one attached hydrogen (secondary N) is 2. The zero-order valence-corrected chi connectivity index (χ0v) is 15.2. The molecule has 2 aromatic carbocycles. The standard InChI is InChI=1S/C15H11ClN4O6S/c1-26-13-5-3-9(19(22)23)7-11(13)17-15(27)18-14(21)8-2-4-10(16)12(6-8)20(24)25/h2-7H,1H3,(H2,17,18,21,27). The van der Waals surface area contributed by atoms with Crippen molar-refractivity contribution >= 4 is 51.9 Å². The molecule has 0 spiro atoms. The molecule has 0 heterocycles. The second kappa shape index (κ2) is 8.38. The monoisotopic (exact) mass is 410 g/mol. The molecule has 0 aromatic heterocycles. The summed E-state index contributed by atoms with van der Waals surface area (Å²) in [6.45, 7) is 0. The van der Waals surface area contributed by atoms with Crippen molar-refractivity contribution in [3.8, 4) is 5.75 Å². The molecule has 1 amide bonds. The molecule has 0 radical (unpaired) electrons. The highest BCUT2D eigenvalue weighted by Crippen LogP contribution is 2.29. The SMILES string of the molecule is COc1ccc([N+](=O)[O-])cc1NC(=S)NC(=O)c1ccc(Cl)c([N+](=O)[O-])c1. The fraction of sp³-hybridized carbons (Fsp3) is 0.0667. The first kappa shape index (κ1) is 20.0. The van der Waals surface area contributed by atoms with E-state index in [2.05, 4.69) is 10.6 Å². The Hall–Kier alpha value is -3.31. The number of carbonyl (C=O) groups excluding carboxylic acids is 1. The molecule has 0 fully saturated rings. The van der Waals surface area contributed by atoms with E-state index >= 15 is 0 Å². The molecule has 27 heavy (non-hydrogen) atoms. The molecule has 0 aliphatic rings. The van der Waals surface area contributed by atoms with Gasteiger partial charge in [0.25, 0.3) is 17.3 Å². The van der Waals surface area contributed by atoms with Crippen LogP contribution in [0.2, 0.25) is 5.02 Å². The fourth-order valence-electron chi connectivity index (χ4n) is 2.03. The van der Waals surface area contributed by atoms with Crippen LogP contribution in [0.1, 0.15) is 10.4 Å². The molecule has 0 saturated heterocycles. The lowest BCUT2D eigenvalue weighted by atomic mass is 10.2. The minimum absolute atomic E-state index is 0.0405. The molecule has 0 bridgehead atoms. The van der Waals surface area contributed by atoms with Gasteiger partial charge in [0, 0.05) is 23.8 Å². The average Bonchev–Trinajstić information content (AvgIpc) is 2.61. The van der Waals surface area contributed by atoms with Crippen LogP contribution in [-0.2, 0) is 0 Å². The Balaban J connectivity index is 2.17. The molecule has 0 unspecified atom stereocenters. The average molecular weight is 411 g/mol. The number of hydrogen-bond acceptors (Lipinski definition) is 7. The molecule has 0 saturated carbocycles. The Kier molecular flexibility index (Phi) is 6.21. The molecule has 0 aliphatic carbocycles. The van der Waals surface area contributed by atoms with Gasteiger partial charge in [0.15, 0.2) is 5.11 Å². The van der Waals surface area contributed by atoms with Gasteiger partial charge in [-0.15, -0.1) is 0 Å². The van der Waals surface area contributed by atoms with Crippen molar-refractivity contribution in [2.45, 2.75) is 0 Å². The van der Waals surface area contributed by atoms with Crippen molar-refractivity contribution in [2.24, 2.45) is 0 Å². The van der Waals surface area contributed by atoms with Gasteiger partial charge in [0.1, 0.15) is 10.8 Å². The molecule has 140 valence electrons. The van der Waals surface area contributed by atoms with E-state index in [1.165, 1.54) is 37.4 Å². The Morgan fingerprint density at radius 2 is 1.85 bits per heavy atom. The lowest BCUT2D eigenvalue weighted by Gasteiger charge is -2.12. The molecule has 10 nitrogen and oxygen atoms in total. The normalized spacial score (nSPS) is 10.0. The van der Waals surface area contributed by atoms with Crippen molar-refractivity contribution in [2.75, 3.05) is 12.4 Å². The number of ether oxygens (including phenoxy) is 1. The van der Waals surface area contributed by atoms with Crippen LogP contribution in [0, 0.1) is 20.2 Å². The van der Waals surface area contributed by atoms with Crippen LogP contribution in [0.4, 0.5) is 17.1 Å². The summed E-state index contributed by atoms with van der Waals surface area (Å²) in [5.41, 5.74) is -0.510. The third-order valence-electron chi connectivity index (χ3n) is 3.27. The Bertz CT molecular complexity index is 952. The van der Waals surface area contributed by atoms with Crippen LogP contribution >= 0.6 is 23.8 Å². The van der Waals surface area contributed by atoms with Crippen molar-refractivity contribution in [1.82, 2.24) is 5.32 Å². The number of rotatable bonds is 5. The number of nitro benzene ring substituents is 2. The quantitative estimate of drug-likeness (QED) is 0.435. The molecule has 0 atom stereocenters. The zero-order chi connectivity index (χ0) is 20.1. The number of carbonyl (C=O) groups is 1. The summed E-state index contributed by atoms with van der Waals surface area (Å²) in [5, 5.41) is 26.4. The maximum Gasteiger partial charge on any atom is 0.288 e. The van der Waals surface area contributed by atoms with Gasteiger partial charge in [-0.3, -0.25) is 30.3 Å². The lowest BCUT2D eigenvalue weighted by molar-refractivity contribution is -0.384. The van der Waals surface area contributed by atoms with E-state index in [0.717, 1.165) is 6.07 Å². The second-order valence-corrected chi connectivity index (χ2v) is 5.79. The largest absolute Gasteiger partial charge is 0.495 e. The number of nitro groups is 2. The van der Waals surface area contributed by atoms with E-state index in [1.807, 2.05) is 0 Å². The molecule has 0 aliphatic heterocycles. The summed E-state index contributed by atoms with van der Waals surface area (Å²) in [6, 6.07) is 7.32. The van der Waals surface area contributed by atoms with Crippen molar-refractivity contribution < 1.29 is 19.4 Å². The Labute approximate surface area is 162 Å². The highest BCUT2D eigenvalue weighted by molar-refractivity contribution is 7.80. The molecule has 2 aromatic rings. The van der Waals surface area contributed by atoms with E-state index in [-0.39, 0.29) is 32.8 Å². The topological polar surface area (TPSA) is 137 Å². The van der Waals surface area contributed by atoms with E-state index in [9.17, 15) is 25.0 Å². The van der Waals surface area contributed by atoms with Gasteiger partial charge in [0.2, 0.25) is 0 Å². The minimum atomic E-state index is -0.725. The minimum Gasteiger partial charge on any atom is -0.495 e. The number of anilines is 1. The number of nitrogens with zero attached hydrogens (tertiary/aromatic N) is 2. The fourth-order valence-corrected chi connectivity index (χ4v) is 2.42. The zero-order valence-electron chi connectivity index (χ0n) is 13.6. The summed E-state index contributed by atoms with van der Waals surface area (Å²) in [6.07, 6.45) is 0. The highest BCUT2D eigenvalue weighted by atomic mass is 35.5. The summed E-state index contributed by atoms with van der Waals surface area (Å²) in [7, 11) is 1.36. The summed E-state index contributed by atoms with van der Waals surface area (Å²) >= 11 is 10.7. The third-order valence-corrected chi connectivity index (χ3v) is 3.80. The summed E-state index contributed by atoms with van der Waals surface area (Å²) in [5.74, 6) is -0.462. The number of benzene rings is 2. The number of methoxy groups -OCH3 is 1. The van der Waals surface area contributed by atoms with Crippen LogP contribution in [0.25, 0.3) is 0 Å². The first-order valence-corrected chi connectivity index (χ1v) is 7.90. The van der Waals surface area contributed by atoms with E-state index in [1.54, 1.807) is 0 Å². The van der Waals surface area contributed by atoms with Crippen molar-refractivity contribution in [3.05, 3.63) is 67.2 Å². The molecule has 12 heteroatoms. The third kappa shape index (κ3) is 4.86. The summed E-state index contributed by atoms with van der Waals surface area (Å²) in [4.78, 5) is 32.7. The number of halogens is 1. The van der Waals surface area contributed by atoms with Gasteiger partial charge in [-0.05, 0) is 30.4 Å². The van der Waals surface area contributed by atoms with Gasteiger partial charge in [0.05, 0.1) is 22.6 Å². The van der Waals surface area contributed by atoms with E-state index in [0.29, 0.717) is 0 Å². The second-order valence-electron chi connectivity index (χ2n) is 4.97.